The zero-order valence-electron chi connectivity index (χ0n) is 10.3. The normalized spacial score (nSPS) is 18.6. The number of nitrogens with one attached hydrogen (secondary N) is 2. The van der Waals surface area contributed by atoms with Crippen LogP contribution in [0.3, 0.4) is 0 Å². The van der Waals surface area contributed by atoms with Crippen molar-refractivity contribution in [2.75, 3.05) is 5.32 Å². The van der Waals surface area contributed by atoms with Crippen LogP contribution in [0.15, 0.2) is 16.6 Å². The second kappa shape index (κ2) is 5.10. The number of hydrogen-bond acceptors (Lipinski definition) is 2. The highest BCUT2D eigenvalue weighted by molar-refractivity contribution is 9.10. The maximum absolute atomic E-state index is 11.9. The van der Waals surface area contributed by atoms with Crippen molar-refractivity contribution in [3.63, 3.8) is 0 Å². The predicted octanol–water partition coefficient (Wildman–Crippen LogP) is 2.28. The molecule has 1 unspecified atom stereocenters. The molecule has 2 rings (SSSR count). The molecule has 1 aliphatic rings. The van der Waals surface area contributed by atoms with Gasteiger partial charge < -0.3 is 10.6 Å². The van der Waals surface area contributed by atoms with E-state index in [1.54, 1.807) is 0 Å². The van der Waals surface area contributed by atoms with Crippen LogP contribution in [0.2, 0.25) is 0 Å². The Morgan fingerprint density at radius 2 is 2.00 bits per heavy atom. The number of rotatable bonds is 2. The molecule has 2 amide bonds. The Balaban J connectivity index is 2.10. The van der Waals surface area contributed by atoms with Crippen LogP contribution < -0.4 is 10.6 Å². The van der Waals surface area contributed by atoms with Crippen molar-refractivity contribution in [3.05, 3.63) is 27.7 Å². The zero-order chi connectivity index (χ0) is 13.3. The van der Waals surface area contributed by atoms with E-state index in [1.165, 1.54) is 0 Å². The lowest BCUT2D eigenvalue weighted by Gasteiger charge is -2.13. The number of halogens is 1. The van der Waals surface area contributed by atoms with E-state index in [4.69, 9.17) is 0 Å². The molecular weight excluding hydrogens is 296 g/mol. The Hall–Kier alpha value is -1.36. The number of amides is 2. The molecule has 1 atom stereocenters. The molecule has 4 nitrogen and oxygen atoms in total. The van der Waals surface area contributed by atoms with Gasteiger partial charge in [-0.15, -0.1) is 0 Å². The van der Waals surface area contributed by atoms with Gasteiger partial charge in [0.25, 0.3) is 0 Å². The summed E-state index contributed by atoms with van der Waals surface area (Å²) in [6.45, 7) is 3.95. The molecule has 0 aromatic heterocycles. The van der Waals surface area contributed by atoms with Crippen LogP contribution in [0.4, 0.5) is 5.69 Å². The first-order chi connectivity index (χ1) is 8.47. The zero-order valence-corrected chi connectivity index (χ0v) is 11.9. The Morgan fingerprint density at radius 3 is 2.50 bits per heavy atom. The van der Waals surface area contributed by atoms with Crippen molar-refractivity contribution in [1.82, 2.24) is 5.32 Å². The van der Waals surface area contributed by atoms with Crippen LogP contribution in [-0.2, 0) is 9.59 Å². The maximum atomic E-state index is 11.9. The summed E-state index contributed by atoms with van der Waals surface area (Å²) in [6, 6.07) is 3.42. The summed E-state index contributed by atoms with van der Waals surface area (Å²) in [5.41, 5.74) is 2.90. The number of aryl methyl sites for hydroxylation is 2. The molecule has 0 spiro atoms. The van der Waals surface area contributed by atoms with Gasteiger partial charge in [-0.25, -0.2) is 0 Å². The second-order valence-corrected chi connectivity index (χ2v) is 5.37. The van der Waals surface area contributed by atoms with Gasteiger partial charge in [0.15, 0.2) is 0 Å². The summed E-state index contributed by atoms with van der Waals surface area (Å²) in [4.78, 5) is 23.0. The number of anilines is 1. The van der Waals surface area contributed by atoms with Crippen molar-refractivity contribution in [1.29, 1.82) is 0 Å². The fourth-order valence-electron chi connectivity index (χ4n) is 2.06. The number of benzene rings is 1. The van der Waals surface area contributed by atoms with Crippen LogP contribution in [0.5, 0.6) is 0 Å². The molecule has 0 saturated carbocycles. The third-order valence-electron chi connectivity index (χ3n) is 3.02. The number of hydrogen-bond donors (Lipinski definition) is 2. The minimum Gasteiger partial charge on any atom is -0.344 e. The van der Waals surface area contributed by atoms with Crippen molar-refractivity contribution in [2.24, 2.45) is 0 Å². The molecule has 96 valence electrons. The quantitative estimate of drug-likeness (QED) is 0.880. The number of carbonyl (C=O) groups is 2. The minimum absolute atomic E-state index is 0.0571. The van der Waals surface area contributed by atoms with Gasteiger partial charge in [0.1, 0.15) is 6.04 Å². The van der Waals surface area contributed by atoms with E-state index < -0.39 is 6.04 Å². The lowest BCUT2D eigenvalue weighted by Crippen LogP contribution is -2.37. The van der Waals surface area contributed by atoms with E-state index >= 15 is 0 Å². The van der Waals surface area contributed by atoms with Crippen molar-refractivity contribution < 1.29 is 9.59 Å². The first-order valence-corrected chi connectivity index (χ1v) is 6.63. The van der Waals surface area contributed by atoms with Crippen molar-refractivity contribution in [3.8, 4) is 0 Å². The van der Waals surface area contributed by atoms with E-state index in [9.17, 15) is 9.59 Å². The molecule has 0 aliphatic carbocycles. The Morgan fingerprint density at radius 1 is 1.39 bits per heavy atom. The summed E-state index contributed by atoms with van der Waals surface area (Å²) < 4.78 is 1.05. The van der Waals surface area contributed by atoms with Gasteiger partial charge in [0.05, 0.1) is 0 Å². The topological polar surface area (TPSA) is 58.2 Å². The summed E-state index contributed by atoms with van der Waals surface area (Å²) in [5.74, 6) is -0.208. The van der Waals surface area contributed by atoms with Crippen LogP contribution >= 0.6 is 15.9 Å². The minimum atomic E-state index is -0.401. The van der Waals surface area contributed by atoms with Crippen LogP contribution in [-0.4, -0.2) is 17.9 Å². The van der Waals surface area contributed by atoms with E-state index in [0.29, 0.717) is 12.8 Å². The van der Waals surface area contributed by atoms with Crippen LogP contribution in [0.1, 0.15) is 24.0 Å². The Labute approximate surface area is 114 Å². The van der Waals surface area contributed by atoms with E-state index in [1.807, 2.05) is 26.0 Å². The fourth-order valence-corrected chi connectivity index (χ4v) is 2.29. The van der Waals surface area contributed by atoms with Gasteiger partial charge in [-0.1, -0.05) is 15.9 Å². The largest absolute Gasteiger partial charge is 0.344 e. The summed E-state index contributed by atoms with van der Waals surface area (Å²) in [7, 11) is 0. The van der Waals surface area contributed by atoms with E-state index in [-0.39, 0.29) is 11.8 Å². The molecule has 2 N–H and O–H groups in total. The summed E-state index contributed by atoms with van der Waals surface area (Å²) in [5, 5.41) is 5.49. The molecule has 18 heavy (non-hydrogen) atoms. The van der Waals surface area contributed by atoms with E-state index in [2.05, 4.69) is 26.6 Å². The molecule has 0 radical (unpaired) electrons. The molecule has 5 heteroatoms. The van der Waals surface area contributed by atoms with Crippen LogP contribution in [0.25, 0.3) is 0 Å². The Bertz CT molecular complexity index is 491. The average molecular weight is 311 g/mol. The highest BCUT2D eigenvalue weighted by Gasteiger charge is 2.27. The molecule has 1 aliphatic heterocycles. The van der Waals surface area contributed by atoms with Gasteiger partial charge in [0, 0.05) is 16.6 Å². The lowest BCUT2D eigenvalue weighted by molar-refractivity contribution is -0.122. The molecule has 1 aromatic carbocycles. The monoisotopic (exact) mass is 310 g/mol. The smallest absolute Gasteiger partial charge is 0.246 e. The third-order valence-corrected chi connectivity index (χ3v) is 4.27. The molecule has 0 bridgehead atoms. The van der Waals surface area contributed by atoms with Gasteiger partial charge >= 0.3 is 0 Å². The average Bonchev–Trinajstić information content (AvgIpc) is 2.72. The second-order valence-electron chi connectivity index (χ2n) is 4.57. The molecular formula is C13H15BrN2O2. The highest BCUT2D eigenvalue weighted by atomic mass is 79.9. The molecule has 1 saturated heterocycles. The van der Waals surface area contributed by atoms with E-state index in [0.717, 1.165) is 21.3 Å². The SMILES string of the molecule is Cc1cc(NC(=O)C2CCC(=O)N2)cc(C)c1Br. The van der Waals surface area contributed by atoms with Crippen molar-refractivity contribution >= 4 is 33.4 Å². The highest BCUT2D eigenvalue weighted by Crippen LogP contribution is 2.25. The first kappa shape index (κ1) is 13.1. The summed E-state index contributed by atoms with van der Waals surface area (Å²) in [6.07, 6.45) is 0.996. The molecule has 1 fully saturated rings. The first-order valence-electron chi connectivity index (χ1n) is 5.84. The standard InChI is InChI=1S/C13H15BrN2O2/c1-7-5-9(6-8(2)12(7)14)15-13(18)10-3-4-11(17)16-10/h5-6,10H,3-4H2,1-2H3,(H,15,18)(H,16,17). The van der Waals surface area contributed by atoms with Gasteiger partial charge in [-0.2, -0.15) is 0 Å². The molecule has 1 heterocycles. The maximum Gasteiger partial charge on any atom is 0.246 e. The Kier molecular flexibility index (Phi) is 3.71. The van der Waals surface area contributed by atoms with Gasteiger partial charge in [-0.05, 0) is 43.5 Å². The lowest BCUT2D eigenvalue weighted by atomic mass is 10.1. The fraction of sp³-hybridized carbons (Fsp3) is 0.385. The predicted molar refractivity (Wildman–Crippen MR) is 73.4 cm³/mol. The van der Waals surface area contributed by atoms with Crippen LogP contribution in [0, 0.1) is 13.8 Å². The van der Waals surface area contributed by atoms with Gasteiger partial charge in [-0.3, -0.25) is 9.59 Å². The molecule has 1 aromatic rings. The third kappa shape index (κ3) is 2.72. The summed E-state index contributed by atoms with van der Waals surface area (Å²) >= 11 is 3.48. The van der Waals surface area contributed by atoms with Gasteiger partial charge in [0.2, 0.25) is 11.8 Å². The van der Waals surface area contributed by atoms with Crippen molar-refractivity contribution in [2.45, 2.75) is 32.7 Å². The number of carbonyl (C=O) groups excluding carboxylic acids is 2.